The quantitative estimate of drug-likeness (QED) is 0.283. The van der Waals surface area contributed by atoms with Gasteiger partial charge in [-0.3, -0.25) is 9.69 Å². The van der Waals surface area contributed by atoms with Crippen LogP contribution in [0.1, 0.15) is 27.9 Å². The summed E-state index contributed by atoms with van der Waals surface area (Å²) in [6.07, 6.45) is 0. The molecule has 5 rings (SSSR count). The summed E-state index contributed by atoms with van der Waals surface area (Å²) in [5.74, 6) is 1.30. The predicted molar refractivity (Wildman–Crippen MR) is 143 cm³/mol. The molecule has 0 amide bonds. The Hall–Kier alpha value is -3.86. The normalized spacial score (nSPS) is 12.3. The number of aromatic amines is 1. The summed E-state index contributed by atoms with van der Waals surface area (Å²) in [5, 5.41) is 15.6. The fraction of sp³-hybridized carbons (Fsp3) is 0.259. The molecule has 10 heteroatoms. The van der Waals surface area contributed by atoms with Gasteiger partial charge < -0.3 is 14.5 Å². The first kappa shape index (κ1) is 24.8. The van der Waals surface area contributed by atoms with Gasteiger partial charge >= 0.3 is 0 Å². The number of nitrogens with one attached hydrogen (secondary N) is 1. The number of nitrogens with zero attached hydrogens (tertiary/aromatic N) is 5. The van der Waals surface area contributed by atoms with E-state index in [4.69, 9.17) is 9.47 Å². The van der Waals surface area contributed by atoms with Crippen LogP contribution in [0.5, 0.6) is 5.75 Å². The Morgan fingerprint density at radius 1 is 1.05 bits per heavy atom. The Labute approximate surface area is 218 Å². The molecule has 9 nitrogen and oxygen atoms in total. The van der Waals surface area contributed by atoms with Crippen molar-refractivity contribution < 1.29 is 9.47 Å². The van der Waals surface area contributed by atoms with Gasteiger partial charge in [-0.2, -0.15) is 0 Å². The van der Waals surface area contributed by atoms with E-state index in [1.807, 2.05) is 48.5 Å². The summed E-state index contributed by atoms with van der Waals surface area (Å²) < 4.78 is 12.4. The molecule has 0 fully saturated rings. The third-order valence-corrected chi connectivity index (χ3v) is 7.08. The van der Waals surface area contributed by atoms with E-state index in [0.29, 0.717) is 43.4 Å². The molecule has 0 saturated heterocycles. The number of pyridine rings is 1. The maximum absolute atomic E-state index is 13.6. The molecule has 0 bridgehead atoms. The van der Waals surface area contributed by atoms with Crippen LogP contribution in [-0.4, -0.2) is 50.9 Å². The minimum absolute atomic E-state index is 0.187. The molecule has 0 aliphatic carbocycles. The molecule has 0 spiro atoms. The van der Waals surface area contributed by atoms with Crippen molar-refractivity contribution >= 4 is 22.2 Å². The van der Waals surface area contributed by atoms with Gasteiger partial charge in [0.1, 0.15) is 11.8 Å². The second kappa shape index (κ2) is 11.5. The summed E-state index contributed by atoms with van der Waals surface area (Å²) in [6, 6.07) is 21.3. The maximum atomic E-state index is 13.6. The van der Waals surface area contributed by atoms with Gasteiger partial charge in [0.15, 0.2) is 5.82 Å². The lowest BCUT2D eigenvalue weighted by atomic mass is 10.0. The Morgan fingerprint density at radius 2 is 1.92 bits per heavy atom. The number of rotatable bonds is 11. The summed E-state index contributed by atoms with van der Waals surface area (Å²) in [7, 11) is 3.27. The molecule has 3 heterocycles. The van der Waals surface area contributed by atoms with Crippen LogP contribution >= 0.6 is 11.3 Å². The van der Waals surface area contributed by atoms with E-state index in [2.05, 4.69) is 49.0 Å². The molecule has 0 aliphatic heterocycles. The average molecular weight is 517 g/mol. The van der Waals surface area contributed by atoms with Gasteiger partial charge in [-0.15, -0.1) is 16.4 Å². The number of tetrazole rings is 1. The minimum atomic E-state index is -0.520. The molecular weight excluding hydrogens is 488 g/mol. The number of benzene rings is 2. The number of aromatic nitrogens is 5. The SMILES string of the molecule is COCCn1nnnc1C(c1cc2cc(OC)ccc2[nH]c1=O)N(Cc1ccccc1)Cc1cccs1. The van der Waals surface area contributed by atoms with E-state index in [0.717, 1.165) is 16.5 Å². The lowest BCUT2D eigenvalue weighted by Gasteiger charge is -2.30. The highest BCUT2D eigenvalue weighted by atomic mass is 32.1. The monoisotopic (exact) mass is 516 g/mol. The Balaban J connectivity index is 1.68. The number of fused-ring (bicyclic) bond motifs is 1. The molecule has 190 valence electrons. The van der Waals surface area contributed by atoms with Gasteiger partial charge in [0.25, 0.3) is 5.56 Å². The van der Waals surface area contributed by atoms with Gasteiger partial charge in [0.05, 0.1) is 20.3 Å². The van der Waals surface area contributed by atoms with E-state index < -0.39 is 6.04 Å². The summed E-state index contributed by atoms with van der Waals surface area (Å²) in [5.41, 5.74) is 2.23. The van der Waals surface area contributed by atoms with Crippen LogP contribution in [0.3, 0.4) is 0 Å². The van der Waals surface area contributed by atoms with Crippen LogP contribution < -0.4 is 10.3 Å². The predicted octanol–water partition coefficient (Wildman–Crippen LogP) is 4.02. The highest BCUT2D eigenvalue weighted by molar-refractivity contribution is 7.09. The topological polar surface area (TPSA) is 98.2 Å². The molecule has 2 aromatic carbocycles. The molecule has 1 atom stereocenters. The van der Waals surface area contributed by atoms with E-state index in [1.54, 1.807) is 30.2 Å². The van der Waals surface area contributed by atoms with E-state index in [1.165, 1.54) is 4.88 Å². The van der Waals surface area contributed by atoms with Crippen molar-refractivity contribution in [3.8, 4) is 5.75 Å². The zero-order chi connectivity index (χ0) is 25.6. The molecule has 0 aliphatic rings. The summed E-state index contributed by atoms with van der Waals surface area (Å²) in [6.45, 7) is 2.12. The van der Waals surface area contributed by atoms with Crippen molar-refractivity contribution in [1.82, 2.24) is 30.1 Å². The van der Waals surface area contributed by atoms with Gasteiger partial charge in [-0.1, -0.05) is 36.4 Å². The summed E-state index contributed by atoms with van der Waals surface area (Å²) >= 11 is 1.68. The van der Waals surface area contributed by atoms with Crippen molar-refractivity contribution in [2.75, 3.05) is 20.8 Å². The number of hydrogen-bond donors (Lipinski definition) is 1. The second-order valence-corrected chi connectivity index (χ2v) is 9.66. The first-order valence-corrected chi connectivity index (χ1v) is 12.8. The molecule has 0 saturated carbocycles. The zero-order valence-electron chi connectivity index (χ0n) is 20.7. The highest BCUT2D eigenvalue weighted by Gasteiger charge is 2.31. The fourth-order valence-corrected chi connectivity index (χ4v) is 5.16. The van der Waals surface area contributed by atoms with Crippen molar-refractivity contribution in [2.45, 2.75) is 25.7 Å². The van der Waals surface area contributed by atoms with Crippen LogP contribution in [0.2, 0.25) is 0 Å². The second-order valence-electron chi connectivity index (χ2n) is 8.63. The maximum Gasteiger partial charge on any atom is 0.253 e. The van der Waals surface area contributed by atoms with Gasteiger partial charge in [-0.25, -0.2) is 4.68 Å². The van der Waals surface area contributed by atoms with Crippen molar-refractivity contribution in [3.05, 3.63) is 104 Å². The van der Waals surface area contributed by atoms with Gasteiger partial charge in [0.2, 0.25) is 0 Å². The van der Waals surface area contributed by atoms with E-state index in [-0.39, 0.29) is 5.56 Å². The number of methoxy groups -OCH3 is 2. The van der Waals surface area contributed by atoms with Crippen LogP contribution in [0.4, 0.5) is 0 Å². The first-order valence-electron chi connectivity index (χ1n) is 11.9. The van der Waals surface area contributed by atoms with Crippen molar-refractivity contribution in [2.24, 2.45) is 0 Å². The minimum Gasteiger partial charge on any atom is -0.497 e. The lowest BCUT2D eigenvalue weighted by Crippen LogP contribution is -2.35. The summed E-state index contributed by atoms with van der Waals surface area (Å²) in [4.78, 5) is 20.1. The molecule has 1 N–H and O–H groups in total. The van der Waals surface area contributed by atoms with Crippen LogP contribution in [-0.2, 0) is 24.4 Å². The third kappa shape index (κ3) is 5.61. The number of hydrogen-bond acceptors (Lipinski definition) is 8. The Morgan fingerprint density at radius 3 is 2.68 bits per heavy atom. The molecule has 3 aromatic heterocycles. The van der Waals surface area contributed by atoms with E-state index >= 15 is 0 Å². The van der Waals surface area contributed by atoms with Gasteiger partial charge in [0, 0.05) is 41.5 Å². The zero-order valence-corrected chi connectivity index (χ0v) is 21.5. The highest BCUT2D eigenvalue weighted by Crippen LogP contribution is 2.31. The third-order valence-electron chi connectivity index (χ3n) is 6.22. The van der Waals surface area contributed by atoms with Gasteiger partial charge in [-0.05, 0) is 51.7 Å². The standard InChI is InChI=1S/C27H28N6O3S/c1-35-13-12-33-26(29-30-31-33)25(23-16-20-15-21(36-2)10-11-24(20)28-27(23)34)32(18-22-9-6-14-37-22)17-19-7-4-3-5-8-19/h3-11,14-16,25H,12-13,17-18H2,1-2H3,(H,28,34). The first-order chi connectivity index (χ1) is 18.2. The Kier molecular flexibility index (Phi) is 7.69. The molecule has 0 radical (unpaired) electrons. The van der Waals surface area contributed by atoms with Crippen molar-refractivity contribution in [3.63, 3.8) is 0 Å². The van der Waals surface area contributed by atoms with Crippen LogP contribution in [0, 0.1) is 0 Å². The number of H-pyrrole nitrogens is 1. The fourth-order valence-electron chi connectivity index (χ4n) is 4.43. The van der Waals surface area contributed by atoms with Crippen LogP contribution in [0.25, 0.3) is 10.9 Å². The number of thiophene rings is 1. The smallest absolute Gasteiger partial charge is 0.253 e. The molecule has 5 aromatic rings. The molecule has 1 unspecified atom stereocenters. The van der Waals surface area contributed by atoms with Crippen LogP contribution in [0.15, 0.2) is 76.9 Å². The van der Waals surface area contributed by atoms with E-state index in [9.17, 15) is 4.79 Å². The van der Waals surface area contributed by atoms with Crippen molar-refractivity contribution in [1.29, 1.82) is 0 Å². The average Bonchev–Trinajstić information content (AvgIpc) is 3.60. The molecule has 37 heavy (non-hydrogen) atoms. The Bertz CT molecular complexity index is 1500. The molecular formula is C27H28N6O3S. The number of ether oxygens (including phenoxy) is 2. The lowest BCUT2D eigenvalue weighted by molar-refractivity contribution is 0.169. The largest absolute Gasteiger partial charge is 0.497 e.